The maximum atomic E-state index is 5.96. The van der Waals surface area contributed by atoms with Crippen LogP contribution < -0.4 is 15.9 Å². The van der Waals surface area contributed by atoms with Crippen LogP contribution in [0.3, 0.4) is 0 Å². The molecule has 2 heterocycles. The number of nitrogens with zero attached hydrogens (tertiary/aromatic N) is 1. The van der Waals surface area contributed by atoms with E-state index in [1.807, 2.05) is 0 Å². The van der Waals surface area contributed by atoms with Crippen molar-refractivity contribution < 1.29 is 0 Å². The first kappa shape index (κ1) is 27.8. The van der Waals surface area contributed by atoms with Crippen molar-refractivity contribution in [2.45, 2.75) is 76.0 Å². The fourth-order valence-electron chi connectivity index (χ4n) is 8.23. The maximum Gasteiger partial charge on any atom is 0.0625 e. The number of hydrogen-bond acceptors (Lipinski definition) is 1. The third-order valence-corrected chi connectivity index (χ3v) is 14.3. The van der Waals surface area contributed by atoms with Crippen molar-refractivity contribution in [2.24, 2.45) is 4.74 Å². The molecular weight excluding hydrogens is 549 g/mol. The predicted octanol–water partition coefficient (Wildman–Crippen LogP) is 11.2. The van der Waals surface area contributed by atoms with Gasteiger partial charge in [-0.05, 0) is 83.0 Å². The van der Waals surface area contributed by atoms with E-state index in [1.54, 1.807) is 0 Å². The Balaban J connectivity index is 1.47. The van der Waals surface area contributed by atoms with E-state index in [4.69, 9.17) is 4.74 Å². The van der Waals surface area contributed by atoms with Gasteiger partial charge < -0.3 is 0 Å². The molecule has 0 atom stereocenters. The highest BCUT2D eigenvalue weighted by atomic mass is 31.2. The lowest BCUT2D eigenvalue weighted by Crippen LogP contribution is -2.28. The summed E-state index contributed by atoms with van der Waals surface area (Å²) in [4.78, 5) is 0. The van der Waals surface area contributed by atoms with Crippen LogP contribution in [-0.4, -0.2) is 0 Å². The molecule has 4 aliphatic rings. The topological polar surface area (TPSA) is 12.4 Å². The zero-order valence-corrected chi connectivity index (χ0v) is 26.6. The van der Waals surface area contributed by atoms with Crippen LogP contribution in [0.25, 0.3) is 22.3 Å². The van der Waals surface area contributed by atoms with Crippen molar-refractivity contribution in [2.75, 3.05) is 0 Å². The average Bonchev–Trinajstić information content (AvgIpc) is 3.18. The highest BCUT2D eigenvalue weighted by Gasteiger charge is 2.35. The number of benzene rings is 5. The van der Waals surface area contributed by atoms with Gasteiger partial charge in [0.05, 0.1) is 12.7 Å². The summed E-state index contributed by atoms with van der Waals surface area (Å²) in [6, 6.07) is 46.5. The van der Waals surface area contributed by atoms with Crippen LogP contribution in [0.5, 0.6) is 0 Å². The summed E-state index contributed by atoms with van der Waals surface area (Å²) in [5.41, 5.74) is 9.41. The fraction of sp³-hybridized carbons (Fsp3) is 0.286. The molecule has 220 valence electrons. The molecule has 44 heavy (non-hydrogen) atoms. The third-order valence-electron chi connectivity index (χ3n) is 10.6. The second-order valence-corrected chi connectivity index (χ2v) is 16.2. The molecule has 1 nitrogen and oxygen atoms in total. The molecule has 2 aliphatic carbocycles. The summed E-state index contributed by atoms with van der Waals surface area (Å²) >= 11 is 0. The molecule has 0 radical (unpaired) electrons. The Labute approximate surface area is 263 Å². The van der Waals surface area contributed by atoms with Crippen molar-refractivity contribution in [3.05, 3.63) is 132 Å². The largest absolute Gasteiger partial charge is 0.254 e. The Morgan fingerprint density at radius 1 is 0.455 bits per heavy atom. The van der Waals surface area contributed by atoms with E-state index in [2.05, 4.69) is 121 Å². The SMILES string of the molecule is c1ccc(N=P2(c3ccccc3)c3ccc(C4CCCCC4)cc3-c3ccc(cc3)-c3cc(C4CCCCC4)ccc32)cc1. The Bertz CT molecular complexity index is 1720. The van der Waals surface area contributed by atoms with E-state index in [0.29, 0.717) is 11.8 Å². The minimum Gasteiger partial charge on any atom is -0.254 e. The van der Waals surface area contributed by atoms with E-state index < -0.39 is 7.05 Å². The van der Waals surface area contributed by atoms with Crippen LogP contribution in [0.2, 0.25) is 0 Å². The summed E-state index contributed by atoms with van der Waals surface area (Å²) in [5.74, 6) is 1.31. The molecule has 0 spiro atoms. The fourth-order valence-corrected chi connectivity index (χ4v) is 12.1. The molecule has 0 saturated heterocycles. The molecule has 9 rings (SSSR count). The smallest absolute Gasteiger partial charge is 0.0625 e. The molecule has 5 aromatic carbocycles. The molecule has 0 unspecified atom stereocenters. The quantitative estimate of drug-likeness (QED) is 0.181. The van der Waals surface area contributed by atoms with Crippen LogP contribution in [0.15, 0.2) is 126 Å². The van der Waals surface area contributed by atoms with E-state index in [1.165, 1.54) is 114 Å². The van der Waals surface area contributed by atoms with Gasteiger partial charge in [-0.25, -0.2) is 0 Å². The summed E-state index contributed by atoms with van der Waals surface area (Å²) in [6.45, 7) is 0. The highest BCUT2D eigenvalue weighted by molar-refractivity contribution is 7.88. The molecule has 2 fully saturated rings. The predicted molar refractivity (Wildman–Crippen MR) is 190 cm³/mol. The zero-order chi connectivity index (χ0) is 29.3. The van der Waals surface area contributed by atoms with Gasteiger partial charge in [0.25, 0.3) is 0 Å². The Kier molecular flexibility index (Phi) is 7.61. The van der Waals surface area contributed by atoms with Gasteiger partial charge in [0.2, 0.25) is 0 Å². The summed E-state index contributed by atoms with van der Waals surface area (Å²) in [6.07, 6.45) is 13.3. The minimum atomic E-state index is -2.49. The Morgan fingerprint density at radius 3 is 1.39 bits per heavy atom. The highest BCUT2D eigenvalue weighted by Crippen LogP contribution is 2.55. The maximum absolute atomic E-state index is 5.96. The Hall–Kier alpha value is -3.67. The molecule has 0 amide bonds. The number of hydrogen-bond donors (Lipinski definition) is 0. The molecular formula is C42H42NP. The molecule has 0 aromatic heterocycles. The third kappa shape index (κ3) is 5.00. The van der Waals surface area contributed by atoms with Gasteiger partial charge in [-0.1, -0.05) is 148 Å². The van der Waals surface area contributed by atoms with Crippen molar-refractivity contribution in [3.8, 4) is 22.3 Å². The van der Waals surface area contributed by atoms with Gasteiger partial charge in [-0.2, -0.15) is 0 Å². The monoisotopic (exact) mass is 591 g/mol. The normalized spacial score (nSPS) is 18.0. The first-order chi connectivity index (χ1) is 21.8. The van der Waals surface area contributed by atoms with Crippen molar-refractivity contribution in [1.29, 1.82) is 0 Å². The lowest BCUT2D eigenvalue weighted by atomic mass is 9.83. The first-order valence-electron chi connectivity index (χ1n) is 16.9. The molecule has 0 N–H and O–H groups in total. The van der Waals surface area contributed by atoms with Crippen molar-refractivity contribution >= 4 is 28.7 Å². The van der Waals surface area contributed by atoms with Gasteiger partial charge in [0.1, 0.15) is 0 Å². The number of rotatable bonds is 4. The standard InChI is InChI=1S/C42H42NP/c1-5-13-31(14-6-1)35-25-27-41-39(29-35)33-21-23-34(24-22-33)40-30-36(32-15-7-2-8-16-32)26-28-42(40)44(41,38-19-11-4-12-20-38)43-37-17-9-3-10-18-37/h3-4,9-12,17-32H,1-2,5-8,13-16H2. The zero-order valence-electron chi connectivity index (χ0n) is 25.7. The number of fused-ring (bicyclic) bond motifs is 2. The van der Waals surface area contributed by atoms with E-state index in [-0.39, 0.29) is 0 Å². The van der Waals surface area contributed by atoms with Gasteiger partial charge in [0, 0.05) is 15.9 Å². The van der Waals surface area contributed by atoms with Gasteiger partial charge in [0.15, 0.2) is 0 Å². The molecule has 2 heteroatoms. The van der Waals surface area contributed by atoms with Crippen molar-refractivity contribution in [3.63, 3.8) is 0 Å². The molecule has 2 saturated carbocycles. The summed E-state index contributed by atoms with van der Waals surface area (Å²) in [5, 5.41) is 4.09. The molecule has 5 aromatic rings. The van der Waals surface area contributed by atoms with Gasteiger partial charge in [-0.15, -0.1) is 0 Å². The van der Waals surface area contributed by atoms with E-state index in [9.17, 15) is 0 Å². The first-order valence-corrected chi connectivity index (χ1v) is 18.7. The molecule has 2 aliphatic heterocycles. The molecule has 2 bridgehead atoms. The summed E-state index contributed by atoms with van der Waals surface area (Å²) < 4.78 is 5.96. The van der Waals surface area contributed by atoms with Crippen LogP contribution in [0.4, 0.5) is 5.69 Å². The lowest BCUT2D eigenvalue weighted by molar-refractivity contribution is 0.444. The lowest BCUT2D eigenvalue weighted by Gasteiger charge is -2.32. The average molecular weight is 592 g/mol. The summed E-state index contributed by atoms with van der Waals surface area (Å²) in [7, 11) is -2.49. The second-order valence-electron chi connectivity index (χ2n) is 13.2. The van der Waals surface area contributed by atoms with Crippen molar-refractivity contribution in [1.82, 2.24) is 0 Å². The minimum absolute atomic E-state index is 0.654. The van der Waals surface area contributed by atoms with Crippen LogP contribution in [-0.2, 0) is 0 Å². The van der Waals surface area contributed by atoms with Gasteiger partial charge >= 0.3 is 0 Å². The van der Waals surface area contributed by atoms with Crippen LogP contribution in [0.1, 0.15) is 87.2 Å². The van der Waals surface area contributed by atoms with Crippen LogP contribution in [0, 0.1) is 0 Å². The second kappa shape index (κ2) is 12.0. The van der Waals surface area contributed by atoms with Crippen LogP contribution >= 0.6 is 7.05 Å². The van der Waals surface area contributed by atoms with Gasteiger partial charge in [-0.3, -0.25) is 4.74 Å². The van der Waals surface area contributed by atoms with E-state index in [0.717, 1.165) is 5.69 Å². The van der Waals surface area contributed by atoms with E-state index >= 15 is 0 Å². The Morgan fingerprint density at radius 2 is 0.909 bits per heavy atom.